The van der Waals surface area contributed by atoms with Crippen molar-refractivity contribution in [3.05, 3.63) is 28.9 Å². The fourth-order valence-electron chi connectivity index (χ4n) is 1.98. The first-order chi connectivity index (χ1) is 9.69. The summed E-state index contributed by atoms with van der Waals surface area (Å²) < 4.78 is 4.81. The van der Waals surface area contributed by atoms with Gasteiger partial charge in [-0.3, -0.25) is 0 Å². The molecular weight excluding hydrogens is 349 g/mol. The van der Waals surface area contributed by atoms with Crippen molar-refractivity contribution in [3.63, 3.8) is 0 Å². The number of carbonyl (C=O) groups is 1. The number of anilines is 1. The van der Waals surface area contributed by atoms with E-state index < -0.39 is 0 Å². The number of nitrogens with zero attached hydrogens (tertiary/aromatic N) is 1. The molecule has 1 aliphatic rings. The number of pyridine rings is 1. The number of hydrogen-bond acceptors (Lipinski definition) is 5. The highest BCUT2D eigenvalue weighted by Crippen LogP contribution is 2.22. The van der Waals surface area contributed by atoms with Crippen LogP contribution in [-0.4, -0.2) is 36.7 Å². The summed E-state index contributed by atoms with van der Waals surface area (Å²) >= 11 is 6.19. The zero-order valence-electron chi connectivity index (χ0n) is 12.2. The Hall–Kier alpha value is -1.01. The Labute approximate surface area is 147 Å². The molecule has 124 valence electrons. The van der Waals surface area contributed by atoms with E-state index in [0.29, 0.717) is 23.5 Å². The van der Waals surface area contributed by atoms with E-state index >= 15 is 0 Å². The molecule has 1 fully saturated rings. The molecule has 2 rings (SSSR count). The van der Waals surface area contributed by atoms with Gasteiger partial charge in [0.05, 0.1) is 11.6 Å². The molecule has 1 atom stereocenters. The number of esters is 1. The molecule has 0 aliphatic carbocycles. The minimum atomic E-state index is -0.372. The molecule has 0 radical (unpaired) electrons. The molecule has 2 heterocycles. The topological polar surface area (TPSA) is 63.2 Å². The summed E-state index contributed by atoms with van der Waals surface area (Å²) in [5, 5.41) is 7.12. The predicted molar refractivity (Wildman–Crippen MR) is 94.3 cm³/mol. The van der Waals surface area contributed by atoms with Gasteiger partial charge in [0.2, 0.25) is 0 Å². The minimum absolute atomic E-state index is 0. The van der Waals surface area contributed by atoms with Crippen LogP contribution in [-0.2, 0) is 9.53 Å². The summed E-state index contributed by atoms with van der Waals surface area (Å²) in [6, 6.07) is 2.13. The highest BCUT2D eigenvalue weighted by Gasteiger charge is 2.15. The first-order valence-corrected chi connectivity index (χ1v) is 7.04. The van der Waals surface area contributed by atoms with Crippen LogP contribution in [0.3, 0.4) is 0 Å². The van der Waals surface area contributed by atoms with Gasteiger partial charge < -0.3 is 15.4 Å². The van der Waals surface area contributed by atoms with Gasteiger partial charge in [0.15, 0.2) is 0 Å². The van der Waals surface area contributed by atoms with Gasteiger partial charge in [-0.1, -0.05) is 11.6 Å². The third kappa shape index (κ3) is 6.40. The van der Waals surface area contributed by atoms with Crippen LogP contribution in [0, 0.1) is 0 Å². The Morgan fingerprint density at radius 3 is 2.95 bits per heavy atom. The second kappa shape index (κ2) is 10.7. The largest absolute Gasteiger partial charge is 0.463 e. The van der Waals surface area contributed by atoms with Crippen LogP contribution in [0.4, 0.5) is 5.82 Å². The minimum Gasteiger partial charge on any atom is -0.463 e. The zero-order valence-corrected chi connectivity index (χ0v) is 14.6. The van der Waals surface area contributed by atoms with Gasteiger partial charge >= 0.3 is 5.97 Å². The number of halogens is 3. The summed E-state index contributed by atoms with van der Waals surface area (Å²) in [4.78, 5) is 15.5. The highest BCUT2D eigenvalue weighted by molar-refractivity contribution is 6.33. The van der Waals surface area contributed by atoms with Crippen LogP contribution < -0.4 is 10.6 Å². The Morgan fingerprint density at radius 2 is 2.36 bits per heavy atom. The first-order valence-electron chi connectivity index (χ1n) is 6.66. The highest BCUT2D eigenvalue weighted by atomic mass is 35.5. The van der Waals surface area contributed by atoms with E-state index in [2.05, 4.69) is 15.6 Å². The third-order valence-corrected chi connectivity index (χ3v) is 3.25. The van der Waals surface area contributed by atoms with Crippen molar-refractivity contribution >= 4 is 54.3 Å². The van der Waals surface area contributed by atoms with Gasteiger partial charge in [-0.15, -0.1) is 24.8 Å². The molecular formula is C14H20Cl3N3O2. The average Bonchev–Trinajstić information content (AvgIpc) is 2.92. The van der Waals surface area contributed by atoms with Crippen LogP contribution in [0.1, 0.15) is 18.9 Å². The number of rotatable bonds is 5. The average molecular weight is 369 g/mol. The van der Waals surface area contributed by atoms with Crippen molar-refractivity contribution < 1.29 is 9.53 Å². The molecule has 0 aromatic carbocycles. The van der Waals surface area contributed by atoms with Crippen LogP contribution in [0.5, 0.6) is 0 Å². The van der Waals surface area contributed by atoms with Gasteiger partial charge in [0, 0.05) is 24.9 Å². The molecule has 1 saturated heterocycles. The van der Waals surface area contributed by atoms with Gasteiger partial charge in [-0.05, 0) is 37.6 Å². The Balaban J connectivity index is 0.00000220. The van der Waals surface area contributed by atoms with Crippen LogP contribution in [0.2, 0.25) is 5.02 Å². The van der Waals surface area contributed by atoms with Crippen LogP contribution in [0.15, 0.2) is 18.3 Å². The number of ether oxygens (including phenoxy) is 1. The predicted octanol–water partition coefficient (Wildman–Crippen LogP) is 2.93. The van der Waals surface area contributed by atoms with Crippen molar-refractivity contribution in [2.45, 2.75) is 19.4 Å². The number of hydrogen-bond donors (Lipinski definition) is 2. The number of aromatic nitrogens is 1. The van der Waals surface area contributed by atoms with Crippen molar-refractivity contribution in [1.82, 2.24) is 10.3 Å². The lowest BCUT2D eigenvalue weighted by molar-refractivity contribution is -0.137. The van der Waals surface area contributed by atoms with E-state index in [0.717, 1.165) is 25.1 Å². The van der Waals surface area contributed by atoms with E-state index in [9.17, 15) is 4.79 Å². The summed E-state index contributed by atoms with van der Waals surface area (Å²) in [5.41, 5.74) is 0.762. The molecule has 1 aliphatic heterocycles. The van der Waals surface area contributed by atoms with Gasteiger partial charge in [-0.25, -0.2) is 9.78 Å². The summed E-state index contributed by atoms with van der Waals surface area (Å²) in [6.45, 7) is 4.06. The molecule has 8 heteroatoms. The van der Waals surface area contributed by atoms with E-state index in [-0.39, 0.29) is 30.8 Å². The normalized spacial score (nSPS) is 16.7. The van der Waals surface area contributed by atoms with Crippen LogP contribution >= 0.6 is 36.4 Å². The molecule has 0 unspecified atom stereocenters. The molecule has 1 aromatic rings. The van der Waals surface area contributed by atoms with Gasteiger partial charge in [0.1, 0.15) is 5.82 Å². The summed E-state index contributed by atoms with van der Waals surface area (Å²) in [5.74, 6) is 0.302. The standard InChI is InChI=1S/C14H18ClN3O2.2ClH/c1-2-20-13(19)4-3-10-7-12(15)14(17-8-10)18-11-5-6-16-9-11;;/h3-4,7-8,11,16H,2,5-6,9H2,1H3,(H,17,18);2*1H/b4-3+;;/t11-;;/m1../s1. The van der Waals surface area contributed by atoms with Crippen molar-refractivity contribution in [1.29, 1.82) is 0 Å². The lowest BCUT2D eigenvalue weighted by Gasteiger charge is -2.13. The summed E-state index contributed by atoms with van der Waals surface area (Å²) in [7, 11) is 0. The maximum absolute atomic E-state index is 11.2. The monoisotopic (exact) mass is 367 g/mol. The quantitative estimate of drug-likeness (QED) is 0.618. The SMILES string of the molecule is CCOC(=O)/C=C/c1cnc(N[C@@H]2CCNC2)c(Cl)c1.Cl.Cl. The van der Waals surface area contributed by atoms with E-state index in [1.165, 1.54) is 6.08 Å². The Morgan fingerprint density at radius 1 is 1.59 bits per heavy atom. The number of carbonyl (C=O) groups excluding carboxylic acids is 1. The Bertz CT molecular complexity index is 506. The van der Waals surface area contributed by atoms with Gasteiger partial charge in [-0.2, -0.15) is 0 Å². The zero-order chi connectivity index (χ0) is 14.4. The van der Waals surface area contributed by atoms with Crippen molar-refractivity contribution in [3.8, 4) is 0 Å². The molecule has 0 bridgehead atoms. The maximum atomic E-state index is 11.2. The third-order valence-electron chi connectivity index (χ3n) is 2.96. The fourth-order valence-corrected chi connectivity index (χ4v) is 2.21. The molecule has 22 heavy (non-hydrogen) atoms. The molecule has 0 saturated carbocycles. The van der Waals surface area contributed by atoms with Gasteiger partial charge in [0.25, 0.3) is 0 Å². The fraction of sp³-hybridized carbons (Fsp3) is 0.429. The Kier molecular flexibility index (Phi) is 10.2. The molecule has 0 amide bonds. The second-order valence-corrected chi connectivity index (χ2v) is 4.93. The van der Waals surface area contributed by atoms with E-state index in [1.807, 2.05) is 0 Å². The first kappa shape index (κ1) is 21.0. The molecule has 5 nitrogen and oxygen atoms in total. The van der Waals surface area contributed by atoms with E-state index in [1.54, 1.807) is 25.3 Å². The maximum Gasteiger partial charge on any atom is 0.330 e. The smallest absolute Gasteiger partial charge is 0.330 e. The van der Waals surface area contributed by atoms with Crippen LogP contribution in [0.25, 0.3) is 6.08 Å². The summed E-state index contributed by atoms with van der Waals surface area (Å²) in [6.07, 6.45) is 5.73. The van der Waals surface area contributed by atoms with E-state index in [4.69, 9.17) is 16.3 Å². The lowest BCUT2D eigenvalue weighted by atomic mass is 10.2. The second-order valence-electron chi connectivity index (χ2n) is 4.52. The molecule has 2 N–H and O–H groups in total. The molecule has 0 spiro atoms. The van der Waals surface area contributed by atoms with Crippen molar-refractivity contribution in [2.75, 3.05) is 25.0 Å². The number of nitrogens with one attached hydrogen (secondary N) is 2. The lowest BCUT2D eigenvalue weighted by Crippen LogP contribution is -2.22. The molecule has 1 aromatic heterocycles. The van der Waals surface area contributed by atoms with Crippen molar-refractivity contribution in [2.24, 2.45) is 0 Å².